The quantitative estimate of drug-likeness (QED) is 0.380. The lowest BCUT2D eigenvalue weighted by Crippen LogP contribution is -2.67. The largest absolute Gasteiger partial charge is 0.481 e. The lowest BCUT2D eigenvalue weighted by molar-refractivity contribution is -0.228. The van der Waals surface area contributed by atoms with E-state index < -0.39 is 11.4 Å². The van der Waals surface area contributed by atoms with Crippen molar-refractivity contribution in [3.8, 4) is 0 Å². The molecule has 0 radical (unpaired) electrons. The van der Waals surface area contributed by atoms with Gasteiger partial charge in [0.05, 0.1) is 16.8 Å². The average molecular weight is 505 g/mol. The number of carbonyl (C=O) groups excluding carboxylic acids is 1. The summed E-state index contributed by atoms with van der Waals surface area (Å²) in [7, 11) is 0. The number of fused-ring (bicyclic) bond motifs is 8. The van der Waals surface area contributed by atoms with Crippen LogP contribution in [0.5, 0.6) is 0 Å². The van der Waals surface area contributed by atoms with Gasteiger partial charge < -0.3 is 5.11 Å². The average Bonchev–Trinajstić information content (AvgIpc) is 3.25. The Balaban J connectivity index is 1.44. The van der Waals surface area contributed by atoms with Gasteiger partial charge in [-0.1, -0.05) is 41.2 Å². The van der Waals surface area contributed by atoms with Gasteiger partial charge in [0.1, 0.15) is 6.29 Å². The third kappa shape index (κ3) is 2.92. The summed E-state index contributed by atoms with van der Waals surface area (Å²) >= 11 is 0. The maximum Gasteiger partial charge on any atom is 0.309 e. The summed E-state index contributed by atoms with van der Waals surface area (Å²) in [5, 5.41) is 10.6. The smallest absolute Gasteiger partial charge is 0.309 e. The maximum atomic E-state index is 12.9. The van der Waals surface area contributed by atoms with Gasteiger partial charge >= 0.3 is 5.97 Å². The first-order chi connectivity index (χ1) is 17.4. The Morgan fingerprint density at radius 3 is 2.38 bits per heavy atom. The molecule has 0 unspecified atom stereocenters. The number of carboxylic acids is 1. The zero-order chi connectivity index (χ0) is 26.6. The van der Waals surface area contributed by atoms with Crippen molar-refractivity contribution < 1.29 is 14.7 Å². The first-order valence-corrected chi connectivity index (χ1v) is 14.5. The number of carboxylic acid groups (broad SMARTS) is 1. The van der Waals surface area contributed by atoms with Crippen molar-refractivity contribution in [3.05, 3.63) is 35.9 Å². The molecule has 1 N–H and O–H groups in total. The fraction of sp³-hybridized carbons (Fsp3) is 0.750. The van der Waals surface area contributed by atoms with Crippen LogP contribution >= 0.6 is 0 Å². The van der Waals surface area contributed by atoms with Gasteiger partial charge in [-0.2, -0.15) is 0 Å². The minimum Gasteiger partial charge on any atom is -0.481 e. The summed E-state index contributed by atoms with van der Waals surface area (Å²) < 4.78 is 0. The molecule has 5 heteroatoms. The highest BCUT2D eigenvalue weighted by Gasteiger charge is 2.72. The second-order valence-electron chi connectivity index (χ2n) is 14.7. The predicted octanol–water partition coefficient (Wildman–Crippen LogP) is 6.41. The number of hydrogen-bond acceptors (Lipinski definition) is 4. The molecule has 1 aromatic rings. The molecular formula is C32H44N2O3. The first-order valence-electron chi connectivity index (χ1n) is 14.5. The Hall–Kier alpha value is -2.04. The van der Waals surface area contributed by atoms with Crippen LogP contribution in [0.1, 0.15) is 97.4 Å². The standard InChI is InChI=1S/C32H44N2O3/c1-19(18-35)20-9-12-32(27(36)37)14-13-30(5)21(25(20)32)7-8-24-29(4)17-22-26(34-16-15-33-22)28(2,3)23(29)10-11-31(24,30)6/h15-16,18,20-21,23-25H,1,7-14,17H2,2-6H3,(H,36,37)/t20-,21+,23-,24+,25+,29-,30+,31+,32-/m0/s1. The van der Waals surface area contributed by atoms with E-state index in [1.807, 2.05) is 12.4 Å². The molecule has 0 bridgehead atoms. The summed E-state index contributed by atoms with van der Waals surface area (Å²) in [4.78, 5) is 34.4. The van der Waals surface area contributed by atoms with E-state index >= 15 is 0 Å². The van der Waals surface area contributed by atoms with E-state index in [9.17, 15) is 14.7 Å². The van der Waals surface area contributed by atoms with Crippen LogP contribution in [-0.4, -0.2) is 27.3 Å². The molecule has 0 amide bonds. The minimum atomic E-state index is -0.702. The lowest BCUT2D eigenvalue weighted by atomic mass is 9.32. The molecule has 0 saturated heterocycles. The van der Waals surface area contributed by atoms with Gasteiger partial charge in [0.2, 0.25) is 0 Å². The Bertz CT molecular complexity index is 1180. The molecule has 9 atom stereocenters. The van der Waals surface area contributed by atoms with Gasteiger partial charge in [0, 0.05) is 17.8 Å². The fourth-order valence-corrected chi connectivity index (χ4v) is 11.8. The summed E-state index contributed by atoms with van der Waals surface area (Å²) in [6.45, 7) is 16.5. The number of aliphatic carboxylic acids is 1. The van der Waals surface area contributed by atoms with Crippen LogP contribution in [0.25, 0.3) is 0 Å². The topological polar surface area (TPSA) is 80.2 Å². The van der Waals surface area contributed by atoms with Crippen molar-refractivity contribution in [1.29, 1.82) is 0 Å². The van der Waals surface area contributed by atoms with Crippen LogP contribution in [0.4, 0.5) is 0 Å². The molecule has 1 heterocycles. The molecule has 200 valence electrons. The highest BCUT2D eigenvalue weighted by Crippen LogP contribution is 2.77. The van der Waals surface area contributed by atoms with Crippen LogP contribution in [0.2, 0.25) is 0 Å². The van der Waals surface area contributed by atoms with E-state index in [-0.39, 0.29) is 33.5 Å². The van der Waals surface area contributed by atoms with Gasteiger partial charge in [-0.25, -0.2) is 0 Å². The molecule has 5 aliphatic rings. The number of aromatic nitrogens is 2. The van der Waals surface area contributed by atoms with Crippen molar-refractivity contribution in [2.24, 2.45) is 51.2 Å². The molecule has 37 heavy (non-hydrogen) atoms. The van der Waals surface area contributed by atoms with Crippen molar-refractivity contribution in [2.45, 2.75) is 97.8 Å². The molecule has 5 aliphatic carbocycles. The molecule has 6 rings (SSSR count). The second-order valence-corrected chi connectivity index (χ2v) is 14.7. The van der Waals surface area contributed by atoms with E-state index in [4.69, 9.17) is 9.97 Å². The van der Waals surface area contributed by atoms with Crippen molar-refractivity contribution in [1.82, 2.24) is 9.97 Å². The summed E-state index contributed by atoms with van der Waals surface area (Å²) in [6, 6.07) is 0. The SMILES string of the molecule is C=C(C=O)[C@@H]1CC[C@]2(C(=O)O)CC[C@]3(C)[C@H](CC[C@@H]4[C@@]5(C)Cc6nccnc6C(C)(C)[C@@H]5CC[C@]43C)[C@@H]12. The van der Waals surface area contributed by atoms with E-state index in [1.165, 1.54) is 24.2 Å². The van der Waals surface area contributed by atoms with Gasteiger partial charge in [-0.15, -0.1) is 0 Å². The van der Waals surface area contributed by atoms with E-state index in [2.05, 4.69) is 41.2 Å². The minimum absolute atomic E-state index is 0.000987. The Morgan fingerprint density at radius 1 is 0.946 bits per heavy atom. The Morgan fingerprint density at radius 2 is 1.68 bits per heavy atom. The fourth-order valence-electron chi connectivity index (χ4n) is 11.8. The third-order valence-corrected chi connectivity index (χ3v) is 13.6. The van der Waals surface area contributed by atoms with Crippen molar-refractivity contribution >= 4 is 12.3 Å². The highest BCUT2D eigenvalue weighted by atomic mass is 16.4. The number of rotatable bonds is 3. The molecule has 4 saturated carbocycles. The number of allylic oxidation sites excluding steroid dienone is 1. The third-order valence-electron chi connectivity index (χ3n) is 13.6. The van der Waals surface area contributed by atoms with Gasteiger partial charge in [0.15, 0.2) is 0 Å². The van der Waals surface area contributed by atoms with Crippen LogP contribution in [0, 0.1) is 51.2 Å². The molecule has 0 aliphatic heterocycles. The number of hydrogen-bond donors (Lipinski definition) is 1. The van der Waals surface area contributed by atoms with Gasteiger partial charge in [0.25, 0.3) is 0 Å². The van der Waals surface area contributed by atoms with Crippen molar-refractivity contribution in [2.75, 3.05) is 0 Å². The molecule has 0 spiro atoms. The Kier molecular flexibility index (Phi) is 5.29. The van der Waals surface area contributed by atoms with E-state index in [0.717, 1.165) is 44.8 Å². The van der Waals surface area contributed by atoms with Crippen molar-refractivity contribution in [3.63, 3.8) is 0 Å². The molecule has 1 aromatic heterocycles. The zero-order valence-corrected chi connectivity index (χ0v) is 23.3. The van der Waals surface area contributed by atoms with Crippen LogP contribution in [0.3, 0.4) is 0 Å². The van der Waals surface area contributed by atoms with E-state index in [1.54, 1.807) is 0 Å². The highest BCUT2D eigenvalue weighted by molar-refractivity contribution is 5.78. The maximum absolute atomic E-state index is 12.9. The number of carbonyl (C=O) groups is 2. The second kappa shape index (κ2) is 7.76. The van der Waals surface area contributed by atoms with Crippen LogP contribution in [0.15, 0.2) is 24.5 Å². The lowest BCUT2D eigenvalue weighted by Gasteiger charge is -2.72. The summed E-state index contributed by atoms with van der Waals surface area (Å²) in [6.07, 6.45) is 13.3. The van der Waals surface area contributed by atoms with Crippen LogP contribution < -0.4 is 0 Å². The first kappa shape index (κ1) is 25.2. The normalized spacial score (nSPS) is 47.4. The predicted molar refractivity (Wildman–Crippen MR) is 143 cm³/mol. The van der Waals surface area contributed by atoms with Crippen LogP contribution in [-0.2, 0) is 21.4 Å². The summed E-state index contributed by atoms with van der Waals surface area (Å²) in [5.41, 5.74) is 2.57. The zero-order valence-electron chi connectivity index (χ0n) is 23.3. The van der Waals surface area contributed by atoms with Gasteiger partial charge in [-0.05, 0) is 109 Å². The number of nitrogens with zero attached hydrogens (tertiary/aromatic N) is 2. The Labute approximate surface area is 221 Å². The molecule has 4 fully saturated rings. The van der Waals surface area contributed by atoms with E-state index in [0.29, 0.717) is 29.7 Å². The molecule has 0 aromatic carbocycles. The van der Waals surface area contributed by atoms with Gasteiger partial charge in [-0.3, -0.25) is 19.6 Å². The monoisotopic (exact) mass is 504 g/mol. The molecule has 5 nitrogen and oxygen atoms in total. The number of aldehydes is 1. The summed E-state index contributed by atoms with van der Waals surface area (Å²) in [5.74, 6) is 0.791. The molecular weight excluding hydrogens is 460 g/mol.